The topological polar surface area (TPSA) is 77.9 Å². The molecule has 0 fully saturated rings. The molecule has 0 unspecified atom stereocenters. The quantitative estimate of drug-likeness (QED) is 0.127. The van der Waals surface area contributed by atoms with Crippen molar-refractivity contribution >= 4 is 39.1 Å². The molecule has 1 amide bonds. The van der Waals surface area contributed by atoms with E-state index in [4.69, 9.17) is 23.2 Å². The second kappa shape index (κ2) is 17.0. The van der Waals surface area contributed by atoms with Gasteiger partial charge >= 0.3 is 0 Å². The minimum Gasteiger partial charge on any atom is -0.505 e. The summed E-state index contributed by atoms with van der Waals surface area (Å²) < 4.78 is 43.3. The van der Waals surface area contributed by atoms with E-state index in [9.17, 15) is 22.7 Å². The number of phenolic OH excluding ortho intramolecular Hbond substituents is 1. The zero-order chi connectivity index (χ0) is 38.4. The Balaban J connectivity index is 1.27. The van der Waals surface area contributed by atoms with Crippen LogP contribution in [0.5, 0.6) is 5.75 Å². The van der Waals surface area contributed by atoms with Crippen molar-refractivity contribution in [2.24, 2.45) is 5.92 Å². The third-order valence-corrected chi connectivity index (χ3v) is 11.2. The van der Waals surface area contributed by atoms with Gasteiger partial charge in [-0.2, -0.15) is 4.31 Å². The van der Waals surface area contributed by atoms with Gasteiger partial charge < -0.3 is 10.0 Å². The molecular weight excluding hydrogens is 742 g/mol. The van der Waals surface area contributed by atoms with Crippen molar-refractivity contribution in [2.45, 2.75) is 38.4 Å². The fourth-order valence-corrected chi connectivity index (χ4v) is 8.44. The fourth-order valence-electron chi connectivity index (χ4n) is 6.28. The monoisotopic (exact) mass is 780 g/mol. The first kappa shape index (κ1) is 38.7. The Bertz CT molecular complexity index is 2340. The van der Waals surface area contributed by atoms with Gasteiger partial charge in [0.15, 0.2) is 5.75 Å². The molecule has 0 aliphatic heterocycles. The summed E-state index contributed by atoms with van der Waals surface area (Å²) in [6.45, 7) is 4.85. The van der Waals surface area contributed by atoms with Crippen LogP contribution in [0.25, 0.3) is 22.3 Å². The summed E-state index contributed by atoms with van der Waals surface area (Å²) in [5.41, 5.74) is 6.51. The molecule has 0 aliphatic rings. The maximum absolute atomic E-state index is 14.3. The minimum absolute atomic E-state index is 0.0449. The summed E-state index contributed by atoms with van der Waals surface area (Å²) in [7, 11) is -4.36. The molecule has 6 aromatic rings. The van der Waals surface area contributed by atoms with Crippen LogP contribution >= 0.6 is 23.2 Å². The molecule has 0 aromatic heterocycles. The second-order valence-corrected chi connectivity index (χ2v) is 16.3. The van der Waals surface area contributed by atoms with Crippen LogP contribution in [0.4, 0.5) is 4.39 Å². The fraction of sp³-hybridized carbons (Fsp3) is 0.159. The highest BCUT2D eigenvalue weighted by atomic mass is 35.5. The number of carbonyl (C=O) groups is 1. The SMILES string of the molecule is CC(C)CN(Cc1cccc(CN(Cc2ccc(-c3ccc(F)cc3)cc2)S(=O)(=O)c2cc(Cl)cc(Cl)c2O)c1)C(=O)c1ccc(-c2ccccc2)cc1. The minimum atomic E-state index is -4.36. The number of amides is 1. The molecule has 10 heteroatoms. The lowest BCUT2D eigenvalue weighted by Gasteiger charge is -2.26. The van der Waals surface area contributed by atoms with E-state index in [-0.39, 0.29) is 40.8 Å². The molecular formula is C44H39Cl2FN2O4S. The Hall–Kier alpha value is -4.99. The standard InChI is InChI=1S/C44H39Cl2FN2O4S/c1-30(2)26-48(44(51)38-17-15-36(16-18-38)34-9-4-3-5-10-34)27-32-7-6-8-33(23-32)29-49(54(52,53)42-25-39(45)24-41(46)43(42)50)28-31-11-13-35(14-12-31)37-19-21-40(47)22-20-37/h3-25,30,50H,26-29H2,1-2H3. The molecule has 0 bridgehead atoms. The predicted octanol–water partition coefficient (Wildman–Crippen LogP) is 10.9. The summed E-state index contributed by atoms with van der Waals surface area (Å²) in [5, 5.41) is 10.7. The Labute approximate surface area is 326 Å². The van der Waals surface area contributed by atoms with Gasteiger partial charge in [-0.15, -0.1) is 0 Å². The molecule has 0 saturated carbocycles. The van der Waals surface area contributed by atoms with E-state index in [2.05, 4.69) is 13.8 Å². The van der Waals surface area contributed by atoms with Gasteiger partial charge in [-0.1, -0.05) is 140 Å². The molecule has 6 nitrogen and oxygen atoms in total. The number of aromatic hydroxyl groups is 1. The van der Waals surface area contributed by atoms with Gasteiger partial charge in [-0.25, -0.2) is 12.8 Å². The predicted molar refractivity (Wildman–Crippen MR) is 214 cm³/mol. The first-order chi connectivity index (χ1) is 25.9. The largest absolute Gasteiger partial charge is 0.505 e. The summed E-state index contributed by atoms with van der Waals surface area (Å²) in [6.07, 6.45) is 0. The third kappa shape index (κ3) is 9.38. The van der Waals surface area contributed by atoms with Crippen molar-refractivity contribution < 1.29 is 22.7 Å². The van der Waals surface area contributed by atoms with E-state index >= 15 is 0 Å². The van der Waals surface area contributed by atoms with E-state index < -0.39 is 20.7 Å². The maximum atomic E-state index is 14.3. The molecule has 54 heavy (non-hydrogen) atoms. The number of halogens is 3. The van der Waals surface area contributed by atoms with Crippen molar-refractivity contribution in [3.8, 4) is 28.0 Å². The number of benzene rings is 6. The number of phenols is 1. The van der Waals surface area contributed by atoms with Crippen LogP contribution in [0, 0.1) is 11.7 Å². The molecule has 0 radical (unpaired) electrons. The molecule has 0 heterocycles. The Kier molecular flexibility index (Phi) is 12.2. The van der Waals surface area contributed by atoms with Gasteiger partial charge in [0.05, 0.1) is 5.02 Å². The first-order valence-electron chi connectivity index (χ1n) is 17.4. The van der Waals surface area contributed by atoms with E-state index in [1.807, 2.05) is 108 Å². The number of carbonyl (C=O) groups excluding carboxylic acids is 1. The van der Waals surface area contributed by atoms with Crippen molar-refractivity contribution in [1.82, 2.24) is 9.21 Å². The van der Waals surface area contributed by atoms with Crippen LogP contribution in [0.2, 0.25) is 10.0 Å². The van der Waals surface area contributed by atoms with E-state index in [0.717, 1.165) is 27.8 Å². The van der Waals surface area contributed by atoms with Crippen LogP contribution in [-0.2, 0) is 29.7 Å². The summed E-state index contributed by atoms with van der Waals surface area (Å²) in [4.78, 5) is 15.3. The molecule has 0 aliphatic carbocycles. The highest BCUT2D eigenvalue weighted by Crippen LogP contribution is 2.37. The van der Waals surface area contributed by atoms with Gasteiger partial charge in [-0.3, -0.25) is 4.79 Å². The maximum Gasteiger partial charge on any atom is 0.254 e. The first-order valence-corrected chi connectivity index (χ1v) is 19.6. The Morgan fingerprint density at radius 1 is 0.667 bits per heavy atom. The van der Waals surface area contributed by atoms with Crippen LogP contribution in [-0.4, -0.2) is 35.2 Å². The van der Waals surface area contributed by atoms with Gasteiger partial charge in [0, 0.05) is 36.8 Å². The van der Waals surface area contributed by atoms with Crippen LogP contribution in [0.1, 0.15) is 40.9 Å². The van der Waals surface area contributed by atoms with Crippen molar-refractivity contribution in [3.63, 3.8) is 0 Å². The van der Waals surface area contributed by atoms with Gasteiger partial charge in [0.1, 0.15) is 10.7 Å². The molecule has 0 spiro atoms. The average Bonchev–Trinajstić information content (AvgIpc) is 3.16. The van der Waals surface area contributed by atoms with Crippen molar-refractivity contribution in [2.75, 3.05) is 6.54 Å². The third-order valence-electron chi connectivity index (χ3n) is 8.94. The Morgan fingerprint density at radius 3 is 1.81 bits per heavy atom. The van der Waals surface area contributed by atoms with Crippen molar-refractivity contribution in [3.05, 3.63) is 178 Å². The smallest absolute Gasteiger partial charge is 0.254 e. The zero-order valence-corrected chi connectivity index (χ0v) is 32.1. The van der Waals surface area contributed by atoms with Crippen LogP contribution in [0.15, 0.2) is 144 Å². The lowest BCUT2D eigenvalue weighted by atomic mass is 10.0. The summed E-state index contributed by atoms with van der Waals surface area (Å²) in [5.74, 6) is -0.827. The number of sulfonamides is 1. The number of nitrogens with zero attached hydrogens (tertiary/aromatic N) is 2. The molecule has 6 rings (SSSR count). The average molecular weight is 782 g/mol. The molecule has 276 valence electrons. The lowest BCUT2D eigenvalue weighted by Crippen LogP contribution is -2.34. The van der Waals surface area contributed by atoms with Gasteiger partial charge in [0.2, 0.25) is 10.0 Å². The lowest BCUT2D eigenvalue weighted by molar-refractivity contribution is 0.0722. The second-order valence-electron chi connectivity index (χ2n) is 13.6. The van der Waals surface area contributed by atoms with Crippen molar-refractivity contribution in [1.29, 1.82) is 0 Å². The summed E-state index contributed by atoms with van der Waals surface area (Å²) >= 11 is 12.4. The number of rotatable bonds is 13. The zero-order valence-electron chi connectivity index (χ0n) is 29.8. The normalized spacial score (nSPS) is 11.6. The highest BCUT2D eigenvalue weighted by Gasteiger charge is 2.30. The molecule has 1 N–H and O–H groups in total. The van der Waals surface area contributed by atoms with Crippen LogP contribution < -0.4 is 0 Å². The number of hydrogen-bond donors (Lipinski definition) is 1. The van der Waals surface area contributed by atoms with E-state index in [1.54, 1.807) is 12.1 Å². The molecule has 6 aromatic carbocycles. The summed E-state index contributed by atoms with van der Waals surface area (Å²) in [6, 6.07) is 40.9. The molecule has 0 saturated heterocycles. The van der Waals surface area contributed by atoms with E-state index in [1.165, 1.54) is 28.6 Å². The van der Waals surface area contributed by atoms with E-state index in [0.29, 0.717) is 29.8 Å². The number of hydrogen-bond acceptors (Lipinski definition) is 4. The van der Waals surface area contributed by atoms with Gasteiger partial charge in [-0.05, 0) is 81.3 Å². The van der Waals surface area contributed by atoms with Gasteiger partial charge in [0.25, 0.3) is 5.91 Å². The highest BCUT2D eigenvalue weighted by molar-refractivity contribution is 7.89. The Morgan fingerprint density at radius 2 is 1.20 bits per heavy atom. The molecule has 0 atom stereocenters. The van der Waals surface area contributed by atoms with Crippen LogP contribution in [0.3, 0.4) is 0 Å².